The Morgan fingerprint density at radius 3 is 1.85 bits per heavy atom. The molecule has 0 fully saturated rings. The van der Waals surface area contributed by atoms with Gasteiger partial charge in [0.2, 0.25) is 0 Å². The zero-order chi connectivity index (χ0) is 14.9. The molecule has 0 aliphatic carbocycles. The molecule has 0 aliphatic heterocycles. The van der Waals surface area contributed by atoms with Crippen molar-refractivity contribution in [2.24, 2.45) is 0 Å². The van der Waals surface area contributed by atoms with E-state index in [1.807, 2.05) is 0 Å². The topological polar surface area (TPSA) is 0 Å². The Balaban J connectivity index is 2.22. The molecular formula is C18H26P2. The molecule has 2 aromatic carbocycles. The second kappa shape index (κ2) is 6.38. The summed E-state index contributed by atoms with van der Waals surface area (Å²) in [6.07, 6.45) is 0. The van der Waals surface area contributed by atoms with Crippen LogP contribution in [0.4, 0.5) is 0 Å². The Labute approximate surface area is 126 Å². The molecule has 2 rings (SSSR count). The molecule has 2 aromatic rings. The number of hydrogen-bond acceptors (Lipinski definition) is 0. The van der Waals surface area contributed by atoms with Crippen molar-refractivity contribution in [2.45, 2.75) is 41.5 Å². The van der Waals surface area contributed by atoms with Crippen LogP contribution in [0.1, 0.15) is 33.4 Å². The molecule has 0 N–H and O–H groups in total. The Morgan fingerprint density at radius 1 is 0.650 bits per heavy atom. The molecule has 2 heteroatoms. The molecule has 20 heavy (non-hydrogen) atoms. The molecular weight excluding hydrogens is 278 g/mol. The van der Waals surface area contributed by atoms with E-state index in [0.29, 0.717) is 0 Å². The summed E-state index contributed by atoms with van der Waals surface area (Å²) >= 11 is 0. The van der Waals surface area contributed by atoms with E-state index in [2.05, 4.69) is 65.8 Å². The number of aryl methyl sites for hydroxylation is 2. The third-order valence-electron chi connectivity index (χ3n) is 4.70. The molecule has 0 saturated carbocycles. The van der Waals surface area contributed by atoms with E-state index in [4.69, 9.17) is 0 Å². The number of hydrogen-bond donors (Lipinski definition) is 0. The number of rotatable bonds is 3. The van der Waals surface area contributed by atoms with E-state index in [9.17, 15) is 0 Å². The molecule has 1 unspecified atom stereocenters. The van der Waals surface area contributed by atoms with Gasteiger partial charge in [-0.05, 0) is 0 Å². The average molecular weight is 304 g/mol. The molecule has 0 spiro atoms. The molecule has 108 valence electrons. The van der Waals surface area contributed by atoms with Crippen LogP contribution in [0.15, 0.2) is 24.3 Å². The van der Waals surface area contributed by atoms with Gasteiger partial charge >= 0.3 is 126 Å². The van der Waals surface area contributed by atoms with Crippen molar-refractivity contribution in [1.29, 1.82) is 0 Å². The van der Waals surface area contributed by atoms with Crippen molar-refractivity contribution >= 4 is 27.1 Å². The van der Waals surface area contributed by atoms with Crippen molar-refractivity contribution < 1.29 is 0 Å². The maximum atomic E-state index is 2.37. The number of benzene rings is 2. The van der Waals surface area contributed by atoms with Crippen molar-refractivity contribution in [3.05, 3.63) is 57.6 Å². The quantitative estimate of drug-likeness (QED) is 0.745. The molecule has 0 saturated heterocycles. The summed E-state index contributed by atoms with van der Waals surface area (Å²) < 4.78 is 0. The Morgan fingerprint density at radius 2 is 1.20 bits per heavy atom. The van der Waals surface area contributed by atoms with Gasteiger partial charge < -0.3 is 0 Å². The van der Waals surface area contributed by atoms with Crippen LogP contribution in [-0.4, -0.2) is 0 Å². The van der Waals surface area contributed by atoms with Gasteiger partial charge in [0.05, 0.1) is 0 Å². The molecule has 1 atom stereocenters. The third-order valence-corrected chi connectivity index (χ3v) is 9.76. The van der Waals surface area contributed by atoms with Crippen molar-refractivity contribution in [3.63, 3.8) is 0 Å². The first-order valence-electron chi connectivity index (χ1n) is 7.28. The fourth-order valence-corrected chi connectivity index (χ4v) is 7.78. The van der Waals surface area contributed by atoms with Gasteiger partial charge in [0.1, 0.15) is 0 Å². The summed E-state index contributed by atoms with van der Waals surface area (Å²) in [7, 11) is 0.804. The van der Waals surface area contributed by atoms with Crippen LogP contribution in [0.5, 0.6) is 0 Å². The van der Waals surface area contributed by atoms with E-state index in [1.54, 1.807) is 10.6 Å². The normalized spacial score (nSPS) is 11.7. The first kappa shape index (κ1) is 15.7. The summed E-state index contributed by atoms with van der Waals surface area (Å²) in [6, 6.07) is 9.29. The first-order valence-corrected chi connectivity index (χ1v) is 11.3. The Hall–Kier alpha value is -0.700. The molecule has 0 aromatic heterocycles. The van der Waals surface area contributed by atoms with E-state index in [0.717, 1.165) is 8.27 Å². The van der Waals surface area contributed by atoms with Crippen LogP contribution in [0.3, 0.4) is 0 Å². The van der Waals surface area contributed by atoms with Crippen LogP contribution in [-0.2, 0) is 0 Å². The van der Waals surface area contributed by atoms with Gasteiger partial charge in [-0.3, -0.25) is 0 Å². The van der Waals surface area contributed by atoms with Crippen molar-refractivity contribution in [3.8, 4) is 0 Å². The second-order valence-electron chi connectivity index (χ2n) is 5.83. The van der Waals surface area contributed by atoms with Crippen molar-refractivity contribution in [1.82, 2.24) is 0 Å². The van der Waals surface area contributed by atoms with Gasteiger partial charge in [-0.15, -0.1) is 0 Å². The minimum atomic E-state index is -0.198. The van der Waals surface area contributed by atoms with Gasteiger partial charge in [0.15, 0.2) is 0 Å². The van der Waals surface area contributed by atoms with E-state index in [1.165, 1.54) is 33.4 Å². The fourth-order valence-electron chi connectivity index (χ4n) is 2.54. The molecule has 0 amide bonds. The van der Waals surface area contributed by atoms with Gasteiger partial charge in [-0.25, -0.2) is 0 Å². The van der Waals surface area contributed by atoms with Crippen LogP contribution in [0.2, 0.25) is 0 Å². The van der Waals surface area contributed by atoms with Crippen LogP contribution >= 0.6 is 16.5 Å². The Kier molecular flexibility index (Phi) is 5.00. The molecule has 0 nitrogen and oxygen atoms in total. The minimum absolute atomic E-state index is 0.198. The maximum absolute atomic E-state index is 2.37. The van der Waals surface area contributed by atoms with Crippen LogP contribution < -0.4 is 10.6 Å². The second-order valence-corrected chi connectivity index (χ2v) is 9.95. The van der Waals surface area contributed by atoms with Gasteiger partial charge in [0.25, 0.3) is 0 Å². The summed E-state index contributed by atoms with van der Waals surface area (Å²) in [4.78, 5) is 0. The summed E-state index contributed by atoms with van der Waals surface area (Å²) in [5.74, 6) is 0. The third kappa shape index (κ3) is 3.13. The van der Waals surface area contributed by atoms with Crippen LogP contribution in [0.25, 0.3) is 0 Å². The monoisotopic (exact) mass is 304 g/mol. The van der Waals surface area contributed by atoms with Gasteiger partial charge in [-0.2, -0.15) is 0 Å². The van der Waals surface area contributed by atoms with E-state index in [-0.39, 0.29) is 8.27 Å². The van der Waals surface area contributed by atoms with Crippen LogP contribution in [0, 0.1) is 41.5 Å². The van der Waals surface area contributed by atoms with Gasteiger partial charge in [-0.1, -0.05) is 0 Å². The fraction of sp³-hybridized carbons (Fsp3) is 0.333. The predicted octanol–water partition coefficient (Wildman–Crippen LogP) is 4.22. The van der Waals surface area contributed by atoms with Gasteiger partial charge in [0, 0.05) is 0 Å². The summed E-state index contributed by atoms with van der Waals surface area (Å²) in [5, 5.41) is 3.22. The zero-order valence-corrected chi connectivity index (χ0v) is 15.9. The van der Waals surface area contributed by atoms with E-state index < -0.39 is 0 Å². The van der Waals surface area contributed by atoms with E-state index >= 15 is 0 Å². The predicted molar refractivity (Wildman–Crippen MR) is 100.0 cm³/mol. The first-order chi connectivity index (χ1) is 9.41. The zero-order valence-electron chi connectivity index (χ0n) is 13.5. The molecule has 0 heterocycles. The molecule has 0 radical (unpaired) electrons. The molecule has 0 bridgehead atoms. The van der Waals surface area contributed by atoms with Crippen molar-refractivity contribution in [2.75, 3.05) is 0 Å². The average Bonchev–Trinajstić information content (AvgIpc) is 2.43. The summed E-state index contributed by atoms with van der Waals surface area (Å²) in [5.41, 5.74) is 8.84. The standard InChI is InChI=1S/C18H26P2/c1-11-7-9-17(15(5)13(11)3)19-20-18-10-8-12(2)14(4)16(18)6/h7-10,19H,1-6,20H3. The Bertz CT molecular complexity index is 585. The SMILES string of the molecule is Cc1ccc(P[PH3]c2ccc(C)c(C)c2C)c(C)c1C. The molecule has 0 aliphatic rings. The summed E-state index contributed by atoms with van der Waals surface area (Å²) in [6.45, 7) is 13.5.